The molecule has 0 radical (unpaired) electrons. The highest BCUT2D eigenvalue weighted by atomic mass is 16.5. The molecule has 6 nitrogen and oxygen atoms in total. The molecular formula is C30H37NO5. The summed E-state index contributed by atoms with van der Waals surface area (Å²) in [4.78, 5) is 16.9. The minimum atomic E-state index is -0.324. The van der Waals surface area contributed by atoms with E-state index in [-0.39, 0.29) is 18.2 Å². The van der Waals surface area contributed by atoms with Crippen LogP contribution in [-0.4, -0.2) is 30.3 Å². The van der Waals surface area contributed by atoms with E-state index in [1.54, 1.807) is 0 Å². The van der Waals surface area contributed by atoms with Gasteiger partial charge in [-0.1, -0.05) is 44.2 Å². The summed E-state index contributed by atoms with van der Waals surface area (Å²) in [5.41, 5.74) is 5.46. The van der Waals surface area contributed by atoms with Crippen molar-refractivity contribution < 1.29 is 23.4 Å². The Labute approximate surface area is 214 Å². The van der Waals surface area contributed by atoms with Gasteiger partial charge in [-0.05, 0) is 74.3 Å². The van der Waals surface area contributed by atoms with E-state index in [1.165, 1.54) is 12.7 Å². The smallest absolute Gasteiger partial charge is 0.338 e. The summed E-state index contributed by atoms with van der Waals surface area (Å²) in [5, 5.41) is 0. The highest BCUT2D eigenvalue weighted by Gasteiger charge is 2.25. The average Bonchev–Trinajstić information content (AvgIpc) is 3.26. The van der Waals surface area contributed by atoms with Crippen molar-refractivity contribution in [2.24, 2.45) is 0 Å². The minimum Gasteiger partial charge on any atom is -0.465 e. The summed E-state index contributed by atoms with van der Waals surface area (Å²) in [6, 6.07) is 14.2. The molecule has 1 fully saturated rings. The number of benzene rings is 2. The second kappa shape index (κ2) is 11.8. The van der Waals surface area contributed by atoms with Crippen LogP contribution in [-0.2, 0) is 27.4 Å². The molecule has 6 heteroatoms. The molecule has 1 aromatic heterocycles. The van der Waals surface area contributed by atoms with Gasteiger partial charge in [-0.2, -0.15) is 0 Å². The topological polar surface area (TPSA) is 70.8 Å². The third kappa shape index (κ3) is 6.23. The van der Waals surface area contributed by atoms with E-state index < -0.39 is 0 Å². The Morgan fingerprint density at radius 1 is 1.03 bits per heavy atom. The van der Waals surface area contributed by atoms with Crippen molar-refractivity contribution in [3.63, 3.8) is 0 Å². The van der Waals surface area contributed by atoms with Gasteiger partial charge in [0.05, 0.1) is 38.1 Å². The van der Waals surface area contributed by atoms with Crippen molar-refractivity contribution in [3.8, 4) is 11.5 Å². The Bertz CT molecular complexity index is 1160. The third-order valence-corrected chi connectivity index (χ3v) is 6.97. The minimum absolute atomic E-state index is 0.0863. The molecule has 4 rings (SSSR count). The molecule has 0 amide bonds. The molecular weight excluding hydrogens is 454 g/mol. The van der Waals surface area contributed by atoms with Crippen LogP contribution in [0.15, 0.2) is 46.9 Å². The predicted octanol–water partition coefficient (Wildman–Crippen LogP) is 6.91. The highest BCUT2D eigenvalue weighted by Crippen LogP contribution is 2.28. The molecule has 1 aliphatic carbocycles. The number of carbonyl (C=O) groups is 1. The lowest BCUT2D eigenvalue weighted by molar-refractivity contribution is -0.0564. The van der Waals surface area contributed by atoms with Crippen molar-refractivity contribution in [1.82, 2.24) is 4.98 Å². The quantitative estimate of drug-likeness (QED) is 0.303. The van der Waals surface area contributed by atoms with Gasteiger partial charge in [-0.25, -0.2) is 9.78 Å². The van der Waals surface area contributed by atoms with Crippen LogP contribution in [0.4, 0.5) is 0 Å². The van der Waals surface area contributed by atoms with Crippen molar-refractivity contribution in [2.45, 2.75) is 84.7 Å². The van der Waals surface area contributed by atoms with Crippen LogP contribution in [0.2, 0.25) is 0 Å². The number of oxazole rings is 1. The monoisotopic (exact) mass is 491 g/mol. The Hall–Kier alpha value is -2.96. The molecule has 2 atom stereocenters. The molecule has 1 aliphatic rings. The van der Waals surface area contributed by atoms with Crippen LogP contribution in [0.5, 0.6) is 0 Å². The fourth-order valence-electron chi connectivity index (χ4n) is 4.75. The highest BCUT2D eigenvalue weighted by molar-refractivity contribution is 5.92. The fourth-order valence-corrected chi connectivity index (χ4v) is 4.75. The summed E-state index contributed by atoms with van der Waals surface area (Å²) < 4.78 is 23.4. The SMILES string of the molecule is COC(=O)c1c(C)cccc1CO[C@@H]1CCC[C@H](OCc2nc(-c3ccc(C(C)C)cc3)oc2C)C1. The van der Waals surface area contributed by atoms with E-state index in [0.29, 0.717) is 30.6 Å². The van der Waals surface area contributed by atoms with E-state index in [0.717, 1.165) is 53.8 Å². The van der Waals surface area contributed by atoms with Gasteiger partial charge in [-0.3, -0.25) is 0 Å². The summed E-state index contributed by atoms with van der Waals surface area (Å²) in [6.45, 7) is 9.01. The lowest BCUT2D eigenvalue weighted by Crippen LogP contribution is -2.28. The Morgan fingerprint density at radius 3 is 2.39 bits per heavy atom. The number of methoxy groups -OCH3 is 1. The fraction of sp³-hybridized carbons (Fsp3) is 0.467. The van der Waals surface area contributed by atoms with Crippen LogP contribution in [0.3, 0.4) is 0 Å². The van der Waals surface area contributed by atoms with Crippen LogP contribution in [0.1, 0.15) is 84.0 Å². The van der Waals surface area contributed by atoms with Gasteiger partial charge < -0.3 is 18.6 Å². The Morgan fingerprint density at radius 2 is 1.72 bits per heavy atom. The zero-order chi connectivity index (χ0) is 25.7. The number of carbonyl (C=O) groups excluding carboxylic acids is 1. The van der Waals surface area contributed by atoms with Gasteiger partial charge in [0.1, 0.15) is 11.5 Å². The molecule has 3 aromatic rings. The summed E-state index contributed by atoms with van der Waals surface area (Å²) in [5.74, 6) is 1.58. The normalized spacial score (nSPS) is 17.9. The number of hydrogen-bond donors (Lipinski definition) is 0. The van der Waals surface area contributed by atoms with Gasteiger partial charge in [0.15, 0.2) is 0 Å². The van der Waals surface area contributed by atoms with E-state index in [9.17, 15) is 4.79 Å². The van der Waals surface area contributed by atoms with E-state index in [2.05, 4.69) is 38.1 Å². The van der Waals surface area contributed by atoms with Gasteiger partial charge in [0, 0.05) is 5.56 Å². The first kappa shape index (κ1) is 26.1. The molecule has 0 spiro atoms. The molecule has 1 heterocycles. The Kier molecular flexibility index (Phi) is 8.60. The van der Waals surface area contributed by atoms with Gasteiger partial charge >= 0.3 is 5.97 Å². The molecule has 0 saturated heterocycles. The Balaban J connectivity index is 1.32. The third-order valence-electron chi connectivity index (χ3n) is 6.97. The number of nitrogens with zero attached hydrogens (tertiary/aromatic N) is 1. The number of rotatable bonds is 9. The summed E-state index contributed by atoms with van der Waals surface area (Å²) in [7, 11) is 1.41. The molecule has 0 bridgehead atoms. The van der Waals surface area contributed by atoms with Crippen molar-refractivity contribution in [1.29, 1.82) is 0 Å². The lowest BCUT2D eigenvalue weighted by Gasteiger charge is -2.29. The second-order valence-corrected chi connectivity index (χ2v) is 9.93. The largest absolute Gasteiger partial charge is 0.465 e. The second-order valence-electron chi connectivity index (χ2n) is 9.93. The summed E-state index contributed by atoms with van der Waals surface area (Å²) in [6.07, 6.45) is 4.03. The molecule has 0 unspecified atom stereocenters. The number of ether oxygens (including phenoxy) is 3. The number of aromatic nitrogens is 1. The number of aryl methyl sites for hydroxylation is 2. The molecule has 1 saturated carbocycles. The maximum Gasteiger partial charge on any atom is 0.338 e. The van der Waals surface area contributed by atoms with E-state index in [4.69, 9.17) is 23.6 Å². The lowest BCUT2D eigenvalue weighted by atomic mass is 9.94. The van der Waals surface area contributed by atoms with Crippen LogP contribution < -0.4 is 0 Å². The predicted molar refractivity (Wildman–Crippen MR) is 139 cm³/mol. The molecule has 192 valence electrons. The molecule has 36 heavy (non-hydrogen) atoms. The first-order valence-electron chi connectivity index (χ1n) is 12.8. The van der Waals surface area contributed by atoms with Crippen molar-refractivity contribution in [3.05, 3.63) is 76.2 Å². The van der Waals surface area contributed by atoms with E-state index in [1.807, 2.05) is 32.0 Å². The average molecular weight is 492 g/mol. The van der Waals surface area contributed by atoms with Crippen LogP contribution >= 0.6 is 0 Å². The first-order valence-corrected chi connectivity index (χ1v) is 12.8. The van der Waals surface area contributed by atoms with Crippen LogP contribution in [0, 0.1) is 13.8 Å². The van der Waals surface area contributed by atoms with Gasteiger partial charge in [0.2, 0.25) is 5.89 Å². The zero-order valence-electron chi connectivity index (χ0n) is 22.0. The van der Waals surface area contributed by atoms with Crippen LogP contribution in [0.25, 0.3) is 11.5 Å². The molecule has 2 aromatic carbocycles. The maximum absolute atomic E-state index is 12.2. The number of esters is 1. The molecule has 0 aliphatic heterocycles. The van der Waals surface area contributed by atoms with Crippen molar-refractivity contribution >= 4 is 5.97 Å². The van der Waals surface area contributed by atoms with Gasteiger partial charge in [0.25, 0.3) is 0 Å². The standard InChI is InChI=1S/C30H37NO5/c1-19(2)22-12-14-23(15-13-22)29-31-27(21(4)36-29)18-35-26-11-7-10-25(16-26)34-17-24-9-6-8-20(3)28(24)30(32)33-5/h6,8-9,12-15,19,25-26H,7,10-11,16-18H2,1-5H3/t25-,26+/m1/s1. The van der Waals surface area contributed by atoms with E-state index >= 15 is 0 Å². The molecule has 0 N–H and O–H groups in total. The first-order chi connectivity index (χ1) is 17.4. The van der Waals surface area contributed by atoms with Gasteiger partial charge in [-0.15, -0.1) is 0 Å². The number of hydrogen-bond acceptors (Lipinski definition) is 6. The maximum atomic E-state index is 12.2. The zero-order valence-corrected chi connectivity index (χ0v) is 22.0. The van der Waals surface area contributed by atoms with Crippen molar-refractivity contribution in [2.75, 3.05) is 7.11 Å². The summed E-state index contributed by atoms with van der Waals surface area (Å²) >= 11 is 0.